The average Bonchev–Trinajstić information content (AvgIpc) is 2.65. The zero-order valence-corrected chi connectivity index (χ0v) is 14.4. The molecule has 20 heavy (non-hydrogen) atoms. The summed E-state index contributed by atoms with van der Waals surface area (Å²) in [5.41, 5.74) is 5.74. The Hall–Kier alpha value is -1.03. The predicted octanol–water partition coefficient (Wildman–Crippen LogP) is 5.34. The highest BCUT2D eigenvalue weighted by atomic mass is 127. The van der Waals surface area contributed by atoms with Gasteiger partial charge in [-0.15, -0.1) is 0 Å². The van der Waals surface area contributed by atoms with Crippen LogP contribution in [0.4, 0.5) is 5.69 Å². The van der Waals surface area contributed by atoms with E-state index in [1.54, 1.807) is 0 Å². The molecule has 1 N–H and O–H groups in total. The van der Waals surface area contributed by atoms with Crippen LogP contribution in [0.15, 0.2) is 42.5 Å². The standard InChI is InChI=1S/C18H20IN/c1-12-8-9-14(10-16(12)19)20-17-15-7-5-4-6-13(15)11-18(17,2)3/h4-10,17,20H,11H2,1-3H3. The van der Waals surface area contributed by atoms with E-state index in [2.05, 4.69) is 91.1 Å². The predicted molar refractivity (Wildman–Crippen MR) is 94.2 cm³/mol. The summed E-state index contributed by atoms with van der Waals surface area (Å²) in [6.07, 6.45) is 1.14. The van der Waals surface area contributed by atoms with Gasteiger partial charge in [0.25, 0.3) is 0 Å². The number of benzene rings is 2. The third-order valence-corrected chi connectivity index (χ3v) is 5.44. The highest BCUT2D eigenvalue weighted by molar-refractivity contribution is 14.1. The largest absolute Gasteiger partial charge is 0.378 e. The van der Waals surface area contributed by atoms with E-state index in [1.807, 2.05) is 0 Å². The molecule has 1 aliphatic carbocycles. The number of rotatable bonds is 2. The minimum absolute atomic E-state index is 0.250. The van der Waals surface area contributed by atoms with Crippen molar-refractivity contribution in [1.29, 1.82) is 0 Å². The molecule has 3 rings (SSSR count). The first-order valence-electron chi connectivity index (χ1n) is 7.08. The highest BCUT2D eigenvalue weighted by Gasteiger charge is 2.38. The van der Waals surface area contributed by atoms with Gasteiger partial charge in [-0.1, -0.05) is 44.2 Å². The normalized spacial score (nSPS) is 19.7. The fourth-order valence-electron chi connectivity index (χ4n) is 3.11. The van der Waals surface area contributed by atoms with Crippen LogP contribution in [0.3, 0.4) is 0 Å². The van der Waals surface area contributed by atoms with Crippen LogP contribution in [0.2, 0.25) is 0 Å². The summed E-state index contributed by atoms with van der Waals surface area (Å²) in [6, 6.07) is 15.8. The van der Waals surface area contributed by atoms with Crippen LogP contribution in [-0.2, 0) is 6.42 Å². The second-order valence-corrected chi connectivity index (χ2v) is 7.57. The molecular weight excluding hydrogens is 357 g/mol. The lowest BCUT2D eigenvalue weighted by molar-refractivity contribution is 0.337. The summed E-state index contributed by atoms with van der Waals surface area (Å²) in [4.78, 5) is 0. The molecule has 0 bridgehead atoms. The first-order chi connectivity index (χ1) is 9.47. The van der Waals surface area contributed by atoms with Crippen molar-refractivity contribution in [3.8, 4) is 0 Å². The number of fused-ring (bicyclic) bond motifs is 1. The van der Waals surface area contributed by atoms with Gasteiger partial charge in [0.2, 0.25) is 0 Å². The van der Waals surface area contributed by atoms with Crippen molar-refractivity contribution in [2.75, 3.05) is 5.32 Å². The third-order valence-electron chi connectivity index (χ3n) is 4.28. The lowest BCUT2D eigenvalue weighted by atomic mass is 9.85. The van der Waals surface area contributed by atoms with Crippen molar-refractivity contribution in [1.82, 2.24) is 0 Å². The molecule has 2 aromatic rings. The summed E-state index contributed by atoms with van der Waals surface area (Å²) in [5, 5.41) is 3.75. The molecule has 0 fully saturated rings. The van der Waals surface area contributed by atoms with Crippen molar-refractivity contribution in [2.24, 2.45) is 5.41 Å². The molecule has 0 aromatic heterocycles. The van der Waals surface area contributed by atoms with Crippen molar-refractivity contribution >= 4 is 28.3 Å². The Morgan fingerprint density at radius 2 is 1.90 bits per heavy atom. The lowest BCUT2D eigenvalue weighted by Crippen LogP contribution is -2.24. The maximum atomic E-state index is 3.75. The van der Waals surface area contributed by atoms with E-state index in [1.165, 1.54) is 25.9 Å². The zero-order valence-electron chi connectivity index (χ0n) is 12.2. The van der Waals surface area contributed by atoms with Crippen molar-refractivity contribution in [2.45, 2.75) is 33.2 Å². The summed E-state index contributed by atoms with van der Waals surface area (Å²) in [7, 11) is 0. The second-order valence-electron chi connectivity index (χ2n) is 6.41. The first-order valence-corrected chi connectivity index (χ1v) is 8.16. The van der Waals surface area contributed by atoms with Gasteiger partial charge in [-0.05, 0) is 70.2 Å². The summed E-state index contributed by atoms with van der Waals surface area (Å²) in [5.74, 6) is 0. The third kappa shape index (κ3) is 2.46. The molecule has 0 saturated heterocycles. The molecule has 2 aromatic carbocycles. The number of hydrogen-bond donors (Lipinski definition) is 1. The van der Waals surface area contributed by atoms with E-state index in [0.29, 0.717) is 6.04 Å². The topological polar surface area (TPSA) is 12.0 Å². The molecule has 0 radical (unpaired) electrons. The molecule has 0 saturated carbocycles. The Kier molecular flexibility index (Phi) is 3.53. The fourth-order valence-corrected chi connectivity index (χ4v) is 3.63. The van der Waals surface area contributed by atoms with Gasteiger partial charge in [0, 0.05) is 9.26 Å². The smallest absolute Gasteiger partial charge is 0.0570 e. The molecule has 0 heterocycles. The van der Waals surface area contributed by atoms with Crippen molar-refractivity contribution in [3.63, 3.8) is 0 Å². The van der Waals surface area contributed by atoms with Crippen LogP contribution < -0.4 is 5.32 Å². The van der Waals surface area contributed by atoms with Crippen LogP contribution in [0.25, 0.3) is 0 Å². The van der Waals surface area contributed by atoms with E-state index >= 15 is 0 Å². The Morgan fingerprint density at radius 3 is 2.65 bits per heavy atom. The van der Waals surface area contributed by atoms with E-state index in [4.69, 9.17) is 0 Å². The summed E-state index contributed by atoms with van der Waals surface area (Å²) >= 11 is 2.41. The molecule has 0 amide bonds. The summed E-state index contributed by atoms with van der Waals surface area (Å²) < 4.78 is 1.32. The summed E-state index contributed by atoms with van der Waals surface area (Å²) in [6.45, 7) is 6.86. The van der Waals surface area contributed by atoms with Gasteiger partial charge in [0.15, 0.2) is 0 Å². The van der Waals surface area contributed by atoms with Gasteiger partial charge in [0.05, 0.1) is 6.04 Å². The maximum Gasteiger partial charge on any atom is 0.0570 e. The number of hydrogen-bond acceptors (Lipinski definition) is 1. The number of aryl methyl sites for hydroxylation is 1. The Bertz CT molecular complexity index is 646. The molecular formula is C18H20IN. The van der Waals surface area contributed by atoms with E-state index in [9.17, 15) is 0 Å². The van der Waals surface area contributed by atoms with E-state index < -0.39 is 0 Å². The molecule has 2 heteroatoms. The molecule has 104 valence electrons. The number of anilines is 1. The average molecular weight is 377 g/mol. The van der Waals surface area contributed by atoms with Crippen molar-refractivity contribution < 1.29 is 0 Å². The quantitative estimate of drug-likeness (QED) is 0.697. The fraction of sp³-hybridized carbons (Fsp3) is 0.333. The first kappa shape index (κ1) is 13.9. The monoisotopic (exact) mass is 377 g/mol. The Morgan fingerprint density at radius 1 is 1.15 bits per heavy atom. The molecule has 1 unspecified atom stereocenters. The second kappa shape index (κ2) is 5.06. The van der Waals surface area contributed by atoms with Gasteiger partial charge in [-0.25, -0.2) is 0 Å². The van der Waals surface area contributed by atoms with Crippen LogP contribution in [0, 0.1) is 15.9 Å². The molecule has 1 atom stereocenters. The van der Waals surface area contributed by atoms with Crippen LogP contribution in [0.5, 0.6) is 0 Å². The van der Waals surface area contributed by atoms with Gasteiger partial charge in [0.1, 0.15) is 0 Å². The van der Waals surface area contributed by atoms with E-state index in [0.717, 1.165) is 6.42 Å². The minimum Gasteiger partial charge on any atom is -0.378 e. The van der Waals surface area contributed by atoms with Crippen LogP contribution >= 0.6 is 22.6 Å². The molecule has 0 aliphatic heterocycles. The highest BCUT2D eigenvalue weighted by Crippen LogP contribution is 2.46. The van der Waals surface area contributed by atoms with Gasteiger partial charge < -0.3 is 5.32 Å². The Balaban J connectivity index is 1.94. The van der Waals surface area contributed by atoms with Gasteiger partial charge in [-0.3, -0.25) is 0 Å². The molecule has 1 nitrogen and oxygen atoms in total. The van der Waals surface area contributed by atoms with E-state index in [-0.39, 0.29) is 5.41 Å². The lowest BCUT2D eigenvalue weighted by Gasteiger charge is -2.29. The van der Waals surface area contributed by atoms with Gasteiger partial charge >= 0.3 is 0 Å². The number of halogens is 1. The SMILES string of the molecule is Cc1ccc(NC2c3ccccc3CC2(C)C)cc1I. The maximum absolute atomic E-state index is 3.75. The number of nitrogens with one attached hydrogen (secondary N) is 1. The van der Waals surface area contributed by atoms with Crippen LogP contribution in [-0.4, -0.2) is 0 Å². The Labute approximate surface area is 134 Å². The van der Waals surface area contributed by atoms with Crippen LogP contribution in [0.1, 0.15) is 36.6 Å². The minimum atomic E-state index is 0.250. The van der Waals surface area contributed by atoms with Gasteiger partial charge in [-0.2, -0.15) is 0 Å². The molecule has 1 aliphatic rings. The zero-order chi connectivity index (χ0) is 14.3. The molecule has 0 spiro atoms. The van der Waals surface area contributed by atoms with Crippen molar-refractivity contribution in [3.05, 3.63) is 62.7 Å².